The van der Waals surface area contributed by atoms with Gasteiger partial charge in [-0.25, -0.2) is 0 Å². The van der Waals surface area contributed by atoms with E-state index in [0.717, 1.165) is 25.9 Å². The van der Waals surface area contributed by atoms with Gasteiger partial charge in [0.2, 0.25) is 5.91 Å². The third-order valence-electron chi connectivity index (χ3n) is 3.38. The molecule has 1 aliphatic rings. The fourth-order valence-electron chi connectivity index (χ4n) is 2.26. The number of carbonyl (C=O) groups is 1. The number of thiophene rings is 1. The average molecular weight is 252 g/mol. The first-order chi connectivity index (χ1) is 8.19. The average Bonchev–Trinajstić information content (AvgIpc) is 2.75. The molecule has 1 aliphatic heterocycles. The van der Waals surface area contributed by atoms with Crippen molar-refractivity contribution < 1.29 is 4.79 Å². The Hall–Kier alpha value is -0.870. The summed E-state index contributed by atoms with van der Waals surface area (Å²) in [7, 11) is 2.00. The minimum Gasteiger partial charge on any atom is -0.342 e. The van der Waals surface area contributed by atoms with Crippen LogP contribution in [0.4, 0.5) is 0 Å². The molecule has 1 aromatic rings. The van der Waals surface area contributed by atoms with Gasteiger partial charge in [0.05, 0.1) is 6.42 Å². The molecule has 2 heterocycles. The molecule has 94 valence electrons. The first-order valence-corrected chi connectivity index (χ1v) is 7.01. The highest BCUT2D eigenvalue weighted by Crippen LogP contribution is 2.18. The van der Waals surface area contributed by atoms with Crippen molar-refractivity contribution in [3.8, 4) is 0 Å². The maximum Gasteiger partial charge on any atom is 0.227 e. The highest BCUT2D eigenvalue weighted by molar-refractivity contribution is 7.12. The fraction of sp³-hybridized carbons (Fsp3) is 0.615. The molecule has 1 N–H and O–H groups in total. The molecule has 1 fully saturated rings. The Labute approximate surface area is 107 Å². The van der Waals surface area contributed by atoms with E-state index in [4.69, 9.17) is 0 Å². The molecule has 0 radical (unpaired) electrons. The second-order valence-electron chi connectivity index (χ2n) is 4.63. The molecule has 1 aromatic heterocycles. The zero-order chi connectivity index (χ0) is 12.3. The number of hydrogen-bond donors (Lipinski definition) is 1. The summed E-state index contributed by atoms with van der Waals surface area (Å²) in [5.74, 6) is 0.279. The Bertz CT molecular complexity index is 381. The summed E-state index contributed by atoms with van der Waals surface area (Å²) < 4.78 is 0. The second kappa shape index (κ2) is 5.65. The first-order valence-electron chi connectivity index (χ1n) is 6.19. The third-order valence-corrected chi connectivity index (χ3v) is 4.38. The van der Waals surface area contributed by atoms with E-state index in [1.54, 1.807) is 11.3 Å². The van der Waals surface area contributed by atoms with Gasteiger partial charge >= 0.3 is 0 Å². The summed E-state index contributed by atoms with van der Waals surface area (Å²) >= 11 is 1.73. The molecule has 0 aliphatic carbocycles. The van der Waals surface area contributed by atoms with Crippen LogP contribution in [0.25, 0.3) is 0 Å². The molecule has 0 spiro atoms. The smallest absolute Gasteiger partial charge is 0.227 e. The van der Waals surface area contributed by atoms with Gasteiger partial charge < -0.3 is 10.2 Å². The summed E-state index contributed by atoms with van der Waals surface area (Å²) in [4.78, 5) is 16.5. The van der Waals surface area contributed by atoms with Gasteiger partial charge in [-0.1, -0.05) is 0 Å². The molecule has 2 rings (SSSR count). The number of carbonyl (C=O) groups excluding carboxylic acids is 1. The maximum atomic E-state index is 12.1. The molecule has 0 aromatic carbocycles. The molecule has 0 saturated carbocycles. The third kappa shape index (κ3) is 3.30. The van der Waals surface area contributed by atoms with Crippen molar-refractivity contribution in [2.75, 3.05) is 20.1 Å². The molecule has 0 atom stereocenters. The number of likely N-dealkylation sites (tertiary alicyclic amines) is 1. The number of amides is 1. The molecule has 1 saturated heterocycles. The largest absolute Gasteiger partial charge is 0.342 e. The molecule has 17 heavy (non-hydrogen) atoms. The number of piperidine rings is 1. The van der Waals surface area contributed by atoms with Gasteiger partial charge in [0, 0.05) is 28.9 Å². The Balaban J connectivity index is 1.85. The van der Waals surface area contributed by atoms with Crippen molar-refractivity contribution in [1.29, 1.82) is 0 Å². The summed E-state index contributed by atoms with van der Waals surface area (Å²) in [6.07, 6.45) is 2.72. The second-order valence-corrected chi connectivity index (χ2v) is 6.01. The van der Waals surface area contributed by atoms with Crippen LogP contribution >= 0.6 is 11.3 Å². The van der Waals surface area contributed by atoms with E-state index in [-0.39, 0.29) is 5.91 Å². The topological polar surface area (TPSA) is 32.3 Å². The molecule has 3 nitrogen and oxygen atoms in total. The van der Waals surface area contributed by atoms with Crippen molar-refractivity contribution in [2.24, 2.45) is 0 Å². The van der Waals surface area contributed by atoms with E-state index in [0.29, 0.717) is 12.5 Å². The minimum atomic E-state index is 0.279. The van der Waals surface area contributed by atoms with Crippen LogP contribution < -0.4 is 5.32 Å². The van der Waals surface area contributed by atoms with Crippen LogP contribution in [-0.4, -0.2) is 37.0 Å². The maximum absolute atomic E-state index is 12.1. The van der Waals surface area contributed by atoms with Crippen molar-refractivity contribution in [2.45, 2.75) is 32.2 Å². The van der Waals surface area contributed by atoms with Crippen LogP contribution in [0.3, 0.4) is 0 Å². The van der Waals surface area contributed by atoms with Crippen molar-refractivity contribution in [3.05, 3.63) is 21.9 Å². The van der Waals surface area contributed by atoms with Gasteiger partial charge in [0.15, 0.2) is 0 Å². The number of nitrogens with one attached hydrogen (secondary N) is 1. The highest BCUT2D eigenvalue weighted by Gasteiger charge is 2.21. The molecule has 0 unspecified atom stereocenters. The summed E-state index contributed by atoms with van der Waals surface area (Å²) in [6.45, 7) is 3.88. The van der Waals surface area contributed by atoms with Gasteiger partial charge in [-0.2, -0.15) is 0 Å². The van der Waals surface area contributed by atoms with E-state index in [2.05, 4.69) is 24.4 Å². The lowest BCUT2D eigenvalue weighted by Crippen LogP contribution is -2.44. The molecule has 4 heteroatoms. The van der Waals surface area contributed by atoms with Crippen LogP contribution in [0.5, 0.6) is 0 Å². The van der Waals surface area contributed by atoms with Gasteiger partial charge in [0.25, 0.3) is 0 Å². The lowest BCUT2D eigenvalue weighted by molar-refractivity contribution is -0.131. The zero-order valence-corrected chi connectivity index (χ0v) is 11.3. The SMILES string of the molecule is CNC1CCN(C(=O)Cc2ccc(C)s2)CC1. The lowest BCUT2D eigenvalue weighted by Gasteiger charge is -2.31. The lowest BCUT2D eigenvalue weighted by atomic mass is 10.1. The van der Waals surface area contributed by atoms with Crippen molar-refractivity contribution in [1.82, 2.24) is 10.2 Å². The van der Waals surface area contributed by atoms with Crippen molar-refractivity contribution in [3.63, 3.8) is 0 Å². The number of nitrogens with zero attached hydrogens (tertiary/aromatic N) is 1. The van der Waals surface area contributed by atoms with Crippen LogP contribution in [0.15, 0.2) is 12.1 Å². The van der Waals surface area contributed by atoms with Crippen LogP contribution in [0.1, 0.15) is 22.6 Å². The van der Waals surface area contributed by atoms with Crippen LogP contribution in [-0.2, 0) is 11.2 Å². The Morgan fingerprint density at radius 1 is 1.47 bits per heavy atom. The van der Waals surface area contributed by atoms with E-state index in [1.807, 2.05) is 11.9 Å². The Kier molecular flexibility index (Phi) is 4.18. The Morgan fingerprint density at radius 2 is 2.18 bits per heavy atom. The highest BCUT2D eigenvalue weighted by atomic mass is 32.1. The van der Waals surface area contributed by atoms with Crippen LogP contribution in [0.2, 0.25) is 0 Å². The van der Waals surface area contributed by atoms with E-state index in [9.17, 15) is 4.79 Å². The molecular weight excluding hydrogens is 232 g/mol. The van der Waals surface area contributed by atoms with Gasteiger partial charge in [-0.05, 0) is 38.9 Å². The molecule has 1 amide bonds. The van der Waals surface area contributed by atoms with E-state index in [1.165, 1.54) is 9.75 Å². The predicted octanol–water partition coefficient (Wildman–Crippen LogP) is 1.81. The number of aryl methyl sites for hydroxylation is 1. The van der Waals surface area contributed by atoms with E-state index < -0.39 is 0 Å². The van der Waals surface area contributed by atoms with Gasteiger partial charge in [0.1, 0.15) is 0 Å². The number of hydrogen-bond acceptors (Lipinski definition) is 3. The standard InChI is InChI=1S/C13H20N2OS/c1-10-3-4-12(17-10)9-13(16)15-7-5-11(14-2)6-8-15/h3-4,11,14H,5-9H2,1-2H3. The van der Waals surface area contributed by atoms with Gasteiger partial charge in [-0.15, -0.1) is 11.3 Å². The minimum absolute atomic E-state index is 0.279. The Morgan fingerprint density at radius 3 is 2.71 bits per heavy atom. The van der Waals surface area contributed by atoms with Gasteiger partial charge in [-0.3, -0.25) is 4.79 Å². The quantitative estimate of drug-likeness (QED) is 0.890. The molecular formula is C13H20N2OS. The normalized spacial score (nSPS) is 17.4. The summed E-state index contributed by atoms with van der Waals surface area (Å²) in [6, 6.07) is 4.74. The summed E-state index contributed by atoms with van der Waals surface area (Å²) in [5, 5.41) is 3.28. The zero-order valence-electron chi connectivity index (χ0n) is 10.5. The van der Waals surface area contributed by atoms with Crippen LogP contribution in [0, 0.1) is 6.92 Å². The fourth-order valence-corrected chi connectivity index (χ4v) is 3.14. The molecule has 0 bridgehead atoms. The van der Waals surface area contributed by atoms with E-state index >= 15 is 0 Å². The summed E-state index contributed by atoms with van der Waals surface area (Å²) in [5.41, 5.74) is 0. The number of rotatable bonds is 3. The predicted molar refractivity (Wildman–Crippen MR) is 71.4 cm³/mol. The van der Waals surface area contributed by atoms with Crippen molar-refractivity contribution >= 4 is 17.2 Å². The first kappa shape index (κ1) is 12.6. The monoisotopic (exact) mass is 252 g/mol.